The molecule has 5 heteroatoms. The first kappa shape index (κ1) is 11.6. The topological polar surface area (TPSA) is 49.9 Å². The number of aromatic nitrogens is 2. The summed E-state index contributed by atoms with van der Waals surface area (Å²) >= 11 is 0. The van der Waals surface area contributed by atoms with Crippen LogP contribution in [-0.4, -0.2) is 24.4 Å². The normalized spacial score (nSPS) is 12.4. The third-order valence-electron chi connectivity index (χ3n) is 2.63. The van der Waals surface area contributed by atoms with Crippen molar-refractivity contribution in [2.45, 2.75) is 6.04 Å². The highest BCUT2D eigenvalue weighted by atomic mass is 19.1. The largest absolute Gasteiger partial charge is 0.494 e. The van der Waals surface area contributed by atoms with E-state index in [0.29, 0.717) is 0 Å². The van der Waals surface area contributed by atoms with Gasteiger partial charge in [0, 0.05) is 6.20 Å². The van der Waals surface area contributed by atoms with Gasteiger partial charge in [-0.05, 0) is 30.8 Å². The third kappa shape index (κ3) is 2.29. The maximum atomic E-state index is 13.6. The maximum absolute atomic E-state index is 13.6. The van der Waals surface area contributed by atoms with Gasteiger partial charge in [-0.25, -0.2) is 4.39 Å². The Bertz CT molecular complexity index is 485. The Balaban J connectivity index is 2.35. The SMILES string of the molecule is CNC(c1ccc(OC)c(F)c1)c1ccn[nH]1. The molecule has 1 heterocycles. The summed E-state index contributed by atoms with van der Waals surface area (Å²) in [7, 11) is 3.26. The van der Waals surface area contributed by atoms with Crippen LogP contribution in [0.1, 0.15) is 17.3 Å². The minimum Gasteiger partial charge on any atom is -0.494 e. The molecule has 0 aliphatic carbocycles. The van der Waals surface area contributed by atoms with Crippen LogP contribution < -0.4 is 10.1 Å². The molecule has 17 heavy (non-hydrogen) atoms. The number of aromatic amines is 1. The van der Waals surface area contributed by atoms with E-state index in [1.807, 2.05) is 19.2 Å². The molecule has 0 bridgehead atoms. The van der Waals surface area contributed by atoms with Crippen LogP contribution in [0.3, 0.4) is 0 Å². The second-order valence-electron chi connectivity index (χ2n) is 3.63. The molecular formula is C12H14FN3O. The van der Waals surface area contributed by atoms with E-state index < -0.39 is 0 Å². The van der Waals surface area contributed by atoms with Crippen molar-refractivity contribution >= 4 is 0 Å². The fourth-order valence-electron chi connectivity index (χ4n) is 1.79. The number of ether oxygens (including phenoxy) is 1. The van der Waals surface area contributed by atoms with Crippen LogP contribution >= 0.6 is 0 Å². The van der Waals surface area contributed by atoms with Crippen molar-refractivity contribution in [1.29, 1.82) is 0 Å². The summed E-state index contributed by atoms with van der Waals surface area (Å²) < 4.78 is 18.5. The lowest BCUT2D eigenvalue weighted by atomic mass is 10.0. The quantitative estimate of drug-likeness (QED) is 0.850. The molecule has 0 aliphatic rings. The highest BCUT2D eigenvalue weighted by Crippen LogP contribution is 2.24. The molecule has 0 aliphatic heterocycles. The number of hydrogen-bond donors (Lipinski definition) is 2. The molecule has 1 aromatic carbocycles. The van der Waals surface area contributed by atoms with E-state index in [1.54, 1.807) is 12.3 Å². The second-order valence-corrected chi connectivity index (χ2v) is 3.63. The smallest absolute Gasteiger partial charge is 0.165 e. The van der Waals surface area contributed by atoms with Crippen LogP contribution in [-0.2, 0) is 0 Å². The Hall–Kier alpha value is -1.88. The van der Waals surface area contributed by atoms with Gasteiger partial charge in [0.25, 0.3) is 0 Å². The lowest BCUT2D eigenvalue weighted by Gasteiger charge is -2.15. The fourth-order valence-corrected chi connectivity index (χ4v) is 1.79. The number of hydrogen-bond acceptors (Lipinski definition) is 3. The van der Waals surface area contributed by atoms with Crippen LogP contribution in [0.2, 0.25) is 0 Å². The van der Waals surface area contributed by atoms with Gasteiger partial charge in [0.05, 0.1) is 18.8 Å². The molecule has 0 radical (unpaired) electrons. The average molecular weight is 235 g/mol. The molecule has 0 saturated carbocycles. The molecule has 90 valence electrons. The highest BCUT2D eigenvalue weighted by molar-refractivity contribution is 5.34. The van der Waals surface area contributed by atoms with Crippen molar-refractivity contribution in [3.8, 4) is 5.75 Å². The summed E-state index contributed by atoms with van der Waals surface area (Å²) in [5.41, 5.74) is 1.70. The summed E-state index contributed by atoms with van der Waals surface area (Å²) in [5, 5.41) is 9.86. The summed E-state index contributed by atoms with van der Waals surface area (Å²) in [6.45, 7) is 0. The Labute approximate surface area is 98.8 Å². The lowest BCUT2D eigenvalue weighted by Crippen LogP contribution is -2.18. The van der Waals surface area contributed by atoms with Gasteiger partial charge < -0.3 is 10.1 Å². The van der Waals surface area contributed by atoms with E-state index >= 15 is 0 Å². The third-order valence-corrected chi connectivity index (χ3v) is 2.63. The number of H-pyrrole nitrogens is 1. The summed E-state index contributed by atoms with van der Waals surface area (Å²) in [6, 6.07) is 6.64. The number of methoxy groups -OCH3 is 1. The zero-order chi connectivity index (χ0) is 12.3. The van der Waals surface area contributed by atoms with Crippen molar-refractivity contribution in [2.75, 3.05) is 14.2 Å². The predicted octanol–water partition coefficient (Wildman–Crippen LogP) is 1.87. The maximum Gasteiger partial charge on any atom is 0.165 e. The number of halogens is 1. The molecule has 2 N–H and O–H groups in total. The van der Waals surface area contributed by atoms with Gasteiger partial charge in [-0.15, -0.1) is 0 Å². The van der Waals surface area contributed by atoms with E-state index in [4.69, 9.17) is 4.74 Å². The molecule has 0 amide bonds. The van der Waals surface area contributed by atoms with E-state index in [-0.39, 0.29) is 17.6 Å². The first-order valence-corrected chi connectivity index (χ1v) is 5.26. The van der Waals surface area contributed by atoms with Crippen molar-refractivity contribution < 1.29 is 9.13 Å². The lowest BCUT2D eigenvalue weighted by molar-refractivity contribution is 0.386. The predicted molar refractivity (Wildman–Crippen MR) is 62.4 cm³/mol. The summed E-state index contributed by atoms with van der Waals surface area (Å²) in [4.78, 5) is 0. The van der Waals surface area contributed by atoms with Crippen molar-refractivity contribution in [3.63, 3.8) is 0 Å². The Morgan fingerprint density at radius 1 is 1.41 bits per heavy atom. The van der Waals surface area contributed by atoms with E-state index in [0.717, 1.165) is 11.3 Å². The van der Waals surface area contributed by atoms with Crippen LogP contribution in [0.5, 0.6) is 5.75 Å². The van der Waals surface area contributed by atoms with E-state index in [9.17, 15) is 4.39 Å². The molecular weight excluding hydrogens is 221 g/mol. The molecule has 2 rings (SSSR count). The van der Waals surface area contributed by atoms with Crippen LogP contribution in [0.15, 0.2) is 30.5 Å². The first-order valence-electron chi connectivity index (χ1n) is 5.26. The molecule has 2 aromatic rings. The summed E-state index contributed by atoms with van der Waals surface area (Å²) in [6.07, 6.45) is 1.67. The fraction of sp³-hybridized carbons (Fsp3) is 0.250. The monoisotopic (exact) mass is 235 g/mol. The van der Waals surface area contributed by atoms with Gasteiger partial charge >= 0.3 is 0 Å². The minimum atomic E-state index is -0.371. The molecule has 0 spiro atoms. The Morgan fingerprint density at radius 3 is 2.76 bits per heavy atom. The Morgan fingerprint density at radius 2 is 2.24 bits per heavy atom. The molecule has 1 aromatic heterocycles. The molecule has 0 fully saturated rings. The molecule has 0 saturated heterocycles. The van der Waals surface area contributed by atoms with E-state index in [1.165, 1.54) is 13.2 Å². The Kier molecular flexibility index (Phi) is 3.39. The molecule has 1 atom stereocenters. The van der Waals surface area contributed by atoms with Crippen molar-refractivity contribution in [1.82, 2.24) is 15.5 Å². The zero-order valence-electron chi connectivity index (χ0n) is 9.70. The van der Waals surface area contributed by atoms with Crippen LogP contribution in [0.4, 0.5) is 4.39 Å². The minimum absolute atomic E-state index is 0.113. The zero-order valence-corrected chi connectivity index (χ0v) is 9.70. The second kappa shape index (κ2) is 4.97. The van der Waals surface area contributed by atoms with Gasteiger partial charge in [0.15, 0.2) is 11.6 Å². The standard InChI is InChI=1S/C12H14FN3O/c1-14-12(10-5-6-15-16-10)8-3-4-11(17-2)9(13)7-8/h3-7,12,14H,1-2H3,(H,15,16). The number of nitrogens with one attached hydrogen (secondary N) is 2. The highest BCUT2D eigenvalue weighted by Gasteiger charge is 2.15. The number of benzene rings is 1. The van der Waals surface area contributed by atoms with Crippen molar-refractivity contribution in [3.05, 3.63) is 47.5 Å². The van der Waals surface area contributed by atoms with Gasteiger partial charge in [0.1, 0.15) is 0 Å². The molecule has 4 nitrogen and oxygen atoms in total. The molecule has 1 unspecified atom stereocenters. The first-order chi connectivity index (χ1) is 8.26. The van der Waals surface area contributed by atoms with Crippen LogP contribution in [0, 0.1) is 5.82 Å². The van der Waals surface area contributed by atoms with Crippen molar-refractivity contribution in [2.24, 2.45) is 0 Å². The average Bonchev–Trinajstić information content (AvgIpc) is 2.84. The van der Waals surface area contributed by atoms with Gasteiger partial charge in [-0.3, -0.25) is 5.10 Å². The number of nitrogens with zero attached hydrogens (tertiary/aromatic N) is 1. The number of rotatable bonds is 4. The van der Waals surface area contributed by atoms with Crippen LogP contribution in [0.25, 0.3) is 0 Å². The van der Waals surface area contributed by atoms with Gasteiger partial charge in [0.2, 0.25) is 0 Å². The summed E-state index contributed by atoms with van der Waals surface area (Å²) in [5.74, 6) is -0.127. The van der Waals surface area contributed by atoms with Gasteiger partial charge in [-0.1, -0.05) is 6.07 Å². The van der Waals surface area contributed by atoms with Gasteiger partial charge in [-0.2, -0.15) is 5.10 Å². The van der Waals surface area contributed by atoms with E-state index in [2.05, 4.69) is 15.5 Å².